The number of nitrogens with one attached hydrogen (secondary N) is 1. The highest BCUT2D eigenvalue weighted by Crippen LogP contribution is 2.26. The SMILES string of the molecule is COc1ccsc1C(=O)Nc1ccc(Br)c(F)c1. The summed E-state index contributed by atoms with van der Waals surface area (Å²) in [6.07, 6.45) is 0. The van der Waals surface area contributed by atoms with Gasteiger partial charge in [-0.05, 0) is 45.6 Å². The third kappa shape index (κ3) is 2.70. The maximum Gasteiger partial charge on any atom is 0.269 e. The van der Waals surface area contributed by atoms with Gasteiger partial charge < -0.3 is 10.1 Å². The fraction of sp³-hybridized carbons (Fsp3) is 0.0833. The first-order valence-corrected chi connectivity index (χ1v) is 6.67. The van der Waals surface area contributed by atoms with E-state index in [1.807, 2.05) is 0 Å². The average molecular weight is 330 g/mol. The average Bonchev–Trinajstić information content (AvgIpc) is 2.82. The van der Waals surface area contributed by atoms with E-state index < -0.39 is 5.82 Å². The van der Waals surface area contributed by atoms with Crippen molar-refractivity contribution in [2.45, 2.75) is 0 Å². The number of carbonyl (C=O) groups is 1. The zero-order valence-electron chi connectivity index (χ0n) is 9.37. The van der Waals surface area contributed by atoms with E-state index in [4.69, 9.17) is 4.74 Å². The van der Waals surface area contributed by atoms with Gasteiger partial charge in [-0.2, -0.15) is 0 Å². The lowest BCUT2D eigenvalue weighted by molar-refractivity contribution is 0.102. The Morgan fingerprint density at radius 2 is 2.22 bits per heavy atom. The van der Waals surface area contributed by atoms with Crippen molar-refractivity contribution in [1.29, 1.82) is 0 Å². The molecule has 0 radical (unpaired) electrons. The number of rotatable bonds is 3. The van der Waals surface area contributed by atoms with Crippen LogP contribution in [0.4, 0.5) is 10.1 Å². The zero-order valence-corrected chi connectivity index (χ0v) is 11.8. The Kier molecular flexibility index (Phi) is 3.98. The Morgan fingerprint density at radius 3 is 2.89 bits per heavy atom. The van der Waals surface area contributed by atoms with E-state index in [9.17, 15) is 9.18 Å². The van der Waals surface area contributed by atoms with Gasteiger partial charge >= 0.3 is 0 Å². The molecule has 1 N–H and O–H groups in total. The van der Waals surface area contributed by atoms with Gasteiger partial charge in [-0.3, -0.25) is 4.79 Å². The number of halogens is 2. The lowest BCUT2D eigenvalue weighted by atomic mass is 10.3. The van der Waals surface area contributed by atoms with Crippen molar-refractivity contribution in [3.8, 4) is 5.75 Å². The monoisotopic (exact) mass is 329 g/mol. The molecule has 0 atom stereocenters. The third-order valence-electron chi connectivity index (χ3n) is 2.23. The molecule has 0 aliphatic rings. The number of carbonyl (C=O) groups excluding carboxylic acids is 1. The molecule has 0 saturated carbocycles. The summed E-state index contributed by atoms with van der Waals surface area (Å²) in [5.41, 5.74) is 0.399. The molecular weight excluding hydrogens is 321 g/mol. The van der Waals surface area contributed by atoms with E-state index in [0.717, 1.165) is 0 Å². The molecule has 6 heteroatoms. The Labute approximate surface area is 116 Å². The summed E-state index contributed by atoms with van der Waals surface area (Å²) in [6.45, 7) is 0. The van der Waals surface area contributed by atoms with Crippen LogP contribution in [0, 0.1) is 5.82 Å². The Morgan fingerprint density at radius 1 is 1.44 bits per heavy atom. The molecule has 0 aliphatic heterocycles. The highest BCUT2D eigenvalue weighted by atomic mass is 79.9. The minimum Gasteiger partial charge on any atom is -0.495 e. The predicted molar refractivity (Wildman–Crippen MR) is 72.9 cm³/mol. The molecule has 1 aromatic heterocycles. The summed E-state index contributed by atoms with van der Waals surface area (Å²) in [5, 5.41) is 4.38. The first kappa shape index (κ1) is 13.0. The Hall–Kier alpha value is -1.40. The van der Waals surface area contributed by atoms with Gasteiger partial charge in [0.15, 0.2) is 0 Å². The molecule has 1 amide bonds. The van der Waals surface area contributed by atoms with Gasteiger partial charge in [0.25, 0.3) is 5.91 Å². The van der Waals surface area contributed by atoms with Gasteiger partial charge in [-0.1, -0.05) is 0 Å². The van der Waals surface area contributed by atoms with Crippen LogP contribution >= 0.6 is 27.3 Å². The van der Waals surface area contributed by atoms with Crippen LogP contribution in [0.1, 0.15) is 9.67 Å². The fourth-order valence-electron chi connectivity index (χ4n) is 1.39. The number of hydrogen-bond acceptors (Lipinski definition) is 3. The molecule has 1 aromatic carbocycles. The van der Waals surface area contributed by atoms with E-state index in [-0.39, 0.29) is 5.91 Å². The molecule has 0 bridgehead atoms. The van der Waals surface area contributed by atoms with Crippen molar-refractivity contribution < 1.29 is 13.9 Å². The van der Waals surface area contributed by atoms with E-state index in [2.05, 4.69) is 21.2 Å². The topological polar surface area (TPSA) is 38.3 Å². The standard InChI is InChI=1S/C12H9BrFNO2S/c1-17-10-4-5-18-11(10)12(16)15-7-2-3-8(13)9(14)6-7/h2-6H,1H3,(H,15,16). The Balaban J connectivity index is 2.19. The quantitative estimate of drug-likeness (QED) is 0.927. The van der Waals surface area contributed by atoms with Crippen molar-refractivity contribution >= 4 is 38.9 Å². The number of thiophene rings is 1. The number of amides is 1. The molecule has 0 spiro atoms. The van der Waals surface area contributed by atoms with Crippen LogP contribution in [0.2, 0.25) is 0 Å². The maximum atomic E-state index is 13.3. The summed E-state index contributed by atoms with van der Waals surface area (Å²) < 4.78 is 18.7. The van der Waals surface area contributed by atoms with Crippen LogP contribution in [0.15, 0.2) is 34.1 Å². The summed E-state index contributed by atoms with van der Waals surface area (Å²) in [4.78, 5) is 12.4. The maximum absolute atomic E-state index is 13.3. The van der Waals surface area contributed by atoms with Gasteiger partial charge in [-0.25, -0.2) is 4.39 Å². The van der Waals surface area contributed by atoms with Gasteiger partial charge in [0.05, 0.1) is 11.6 Å². The van der Waals surface area contributed by atoms with E-state index in [1.54, 1.807) is 17.5 Å². The molecule has 0 saturated heterocycles. The normalized spacial score (nSPS) is 10.2. The lowest BCUT2D eigenvalue weighted by Crippen LogP contribution is -2.11. The number of hydrogen-bond donors (Lipinski definition) is 1. The molecular formula is C12H9BrFNO2S. The summed E-state index contributed by atoms with van der Waals surface area (Å²) in [7, 11) is 1.50. The second kappa shape index (κ2) is 5.49. The fourth-order valence-corrected chi connectivity index (χ4v) is 2.39. The molecule has 3 nitrogen and oxygen atoms in total. The van der Waals surface area contributed by atoms with Crippen LogP contribution in [0.25, 0.3) is 0 Å². The van der Waals surface area contributed by atoms with Gasteiger partial charge in [0, 0.05) is 5.69 Å². The molecule has 94 valence electrons. The lowest BCUT2D eigenvalue weighted by Gasteiger charge is -2.06. The van der Waals surface area contributed by atoms with Gasteiger partial charge in [0.2, 0.25) is 0 Å². The van der Waals surface area contributed by atoms with Crippen LogP contribution < -0.4 is 10.1 Å². The molecule has 0 unspecified atom stereocenters. The Bertz CT molecular complexity index is 585. The summed E-state index contributed by atoms with van der Waals surface area (Å²) >= 11 is 4.32. The molecule has 0 fully saturated rings. The highest BCUT2D eigenvalue weighted by Gasteiger charge is 2.14. The van der Waals surface area contributed by atoms with Crippen LogP contribution in [0.3, 0.4) is 0 Å². The van der Waals surface area contributed by atoms with Crippen molar-refractivity contribution in [3.05, 3.63) is 44.8 Å². The number of anilines is 1. The number of ether oxygens (including phenoxy) is 1. The highest BCUT2D eigenvalue weighted by molar-refractivity contribution is 9.10. The van der Waals surface area contributed by atoms with Crippen molar-refractivity contribution in [2.24, 2.45) is 0 Å². The molecule has 2 aromatic rings. The summed E-state index contributed by atoms with van der Waals surface area (Å²) in [6, 6.07) is 6.12. The largest absolute Gasteiger partial charge is 0.495 e. The van der Waals surface area contributed by atoms with Gasteiger partial charge in [-0.15, -0.1) is 11.3 Å². The van der Waals surface area contributed by atoms with E-state index in [0.29, 0.717) is 20.8 Å². The van der Waals surface area contributed by atoms with Crippen LogP contribution in [-0.4, -0.2) is 13.0 Å². The van der Waals surface area contributed by atoms with Crippen LogP contribution in [-0.2, 0) is 0 Å². The third-order valence-corrected chi connectivity index (χ3v) is 3.77. The zero-order chi connectivity index (χ0) is 13.1. The second-order valence-corrected chi connectivity index (χ2v) is 5.17. The predicted octanol–water partition coefficient (Wildman–Crippen LogP) is 3.91. The van der Waals surface area contributed by atoms with Crippen molar-refractivity contribution in [1.82, 2.24) is 0 Å². The second-order valence-electron chi connectivity index (χ2n) is 3.40. The summed E-state index contributed by atoms with van der Waals surface area (Å²) in [5.74, 6) is -0.232. The molecule has 0 aliphatic carbocycles. The van der Waals surface area contributed by atoms with E-state index in [1.165, 1.54) is 30.6 Å². The molecule has 1 heterocycles. The van der Waals surface area contributed by atoms with Crippen molar-refractivity contribution in [2.75, 3.05) is 12.4 Å². The van der Waals surface area contributed by atoms with Crippen LogP contribution in [0.5, 0.6) is 5.75 Å². The molecule has 18 heavy (non-hydrogen) atoms. The smallest absolute Gasteiger partial charge is 0.269 e. The van der Waals surface area contributed by atoms with Gasteiger partial charge in [0.1, 0.15) is 16.4 Å². The first-order valence-electron chi connectivity index (χ1n) is 4.99. The number of benzene rings is 1. The van der Waals surface area contributed by atoms with E-state index >= 15 is 0 Å². The number of methoxy groups -OCH3 is 1. The first-order chi connectivity index (χ1) is 8.61. The minimum atomic E-state index is -0.425. The van der Waals surface area contributed by atoms with Crippen molar-refractivity contribution in [3.63, 3.8) is 0 Å². The molecule has 2 rings (SSSR count). The minimum absolute atomic E-state index is 0.316.